The molecule has 0 saturated carbocycles. The Bertz CT molecular complexity index is 431. The molecule has 1 amide bonds. The van der Waals surface area contributed by atoms with Gasteiger partial charge in [-0.25, -0.2) is 0 Å². The normalized spacial score (nSPS) is 14.5. The van der Waals surface area contributed by atoms with Gasteiger partial charge < -0.3 is 11.1 Å². The molecule has 0 atom stereocenters. The molecule has 1 aromatic rings. The number of rotatable bonds is 5. The molecule has 0 bridgehead atoms. The van der Waals surface area contributed by atoms with Gasteiger partial charge in [0.25, 0.3) is 0 Å². The number of carbonyl (C=O) groups is 1. The second-order valence-corrected chi connectivity index (χ2v) is 4.88. The number of fused-ring (bicyclic) bond motifs is 1. The quantitative estimate of drug-likeness (QED) is 0.612. The van der Waals surface area contributed by atoms with E-state index in [-0.39, 0.29) is 5.91 Å². The minimum Gasteiger partial charge on any atom is -0.399 e. The van der Waals surface area contributed by atoms with Crippen molar-refractivity contribution in [3.63, 3.8) is 0 Å². The molecule has 0 aliphatic carbocycles. The summed E-state index contributed by atoms with van der Waals surface area (Å²) >= 11 is 0. The van der Waals surface area contributed by atoms with E-state index in [2.05, 4.69) is 23.2 Å². The van der Waals surface area contributed by atoms with Gasteiger partial charge in [-0.15, -0.1) is 0 Å². The third-order valence-electron chi connectivity index (χ3n) is 3.24. The molecule has 1 aliphatic heterocycles. The smallest absolute Gasteiger partial charge is 0.234 e. The summed E-state index contributed by atoms with van der Waals surface area (Å²) in [6, 6.07) is 5.98. The van der Waals surface area contributed by atoms with E-state index in [1.165, 1.54) is 11.1 Å². The van der Waals surface area contributed by atoms with Crippen molar-refractivity contribution in [2.75, 3.05) is 18.8 Å². The van der Waals surface area contributed by atoms with Crippen LogP contribution in [-0.2, 0) is 17.9 Å². The van der Waals surface area contributed by atoms with Gasteiger partial charge in [0.2, 0.25) is 5.91 Å². The van der Waals surface area contributed by atoms with Crippen LogP contribution in [0.2, 0.25) is 0 Å². The Labute approximate surface area is 108 Å². The molecule has 4 heteroatoms. The molecule has 1 aliphatic rings. The Kier molecular flexibility index (Phi) is 4.20. The standard InChI is InChI=1S/C14H21N3O/c1-2-3-6-16-14(18)10-17-8-11-4-5-13(15)7-12(11)9-17/h4-5,7H,2-3,6,8-10,15H2,1H3,(H,16,18). The van der Waals surface area contributed by atoms with Crippen LogP contribution in [-0.4, -0.2) is 23.9 Å². The Morgan fingerprint density at radius 1 is 1.39 bits per heavy atom. The first kappa shape index (κ1) is 12.9. The van der Waals surface area contributed by atoms with Crippen molar-refractivity contribution in [2.24, 2.45) is 0 Å². The third kappa shape index (κ3) is 3.23. The average molecular weight is 247 g/mol. The van der Waals surface area contributed by atoms with Gasteiger partial charge in [-0.1, -0.05) is 19.4 Å². The minimum absolute atomic E-state index is 0.115. The molecule has 0 saturated heterocycles. The molecule has 0 aromatic heterocycles. The SMILES string of the molecule is CCCCNC(=O)CN1Cc2ccc(N)cc2C1. The highest BCUT2D eigenvalue weighted by molar-refractivity contribution is 5.78. The first-order valence-electron chi connectivity index (χ1n) is 6.55. The summed E-state index contributed by atoms with van der Waals surface area (Å²) < 4.78 is 0. The average Bonchev–Trinajstić information content (AvgIpc) is 2.70. The number of benzene rings is 1. The third-order valence-corrected chi connectivity index (χ3v) is 3.24. The lowest BCUT2D eigenvalue weighted by Crippen LogP contribution is -2.35. The number of amides is 1. The first-order valence-corrected chi connectivity index (χ1v) is 6.55. The molecule has 0 spiro atoms. The number of hydrogen-bond acceptors (Lipinski definition) is 3. The lowest BCUT2D eigenvalue weighted by atomic mass is 10.1. The van der Waals surface area contributed by atoms with Crippen LogP contribution in [0.1, 0.15) is 30.9 Å². The van der Waals surface area contributed by atoms with Gasteiger partial charge >= 0.3 is 0 Å². The van der Waals surface area contributed by atoms with Gasteiger partial charge in [0, 0.05) is 25.3 Å². The Balaban J connectivity index is 1.82. The monoisotopic (exact) mass is 247 g/mol. The summed E-state index contributed by atoms with van der Waals surface area (Å²) in [5.74, 6) is 0.115. The Hall–Kier alpha value is -1.55. The first-order chi connectivity index (χ1) is 8.69. The molecule has 0 fully saturated rings. The molecule has 1 heterocycles. The van der Waals surface area contributed by atoms with E-state index in [4.69, 9.17) is 5.73 Å². The van der Waals surface area contributed by atoms with Gasteiger partial charge in [-0.2, -0.15) is 0 Å². The topological polar surface area (TPSA) is 58.4 Å². The zero-order valence-electron chi connectivity index (χ0n) is 10.9. The van der Waals surface area contributed by atoms with Crippen LogP contribution in [0.15, 0.2) is 18.2 Å². The lowest BCUT2D eigenvalue weighted by Gasteiger charge is -2.14. The van der Waals surface area contributed by atoms with Gasteiger partial charge in [0.15, 0.2) is 0 Å². The van der Waals surface area contributed by atoms with Gasteiger partial charge in [0.05, 0.1) is 6.54 Å². The number of anilines is 1. The number of nitrogens with one attached hydrogen (secondary N) is 1. The zero-order chi connectivity index (χ0) is 13.0. The summed E-state index contributed by atoms with van der Waals surface area (Å²) in [6.07, 6.45) is 2.15. The molecular weight excluding hydrogens is 226 g/mol. The maximum atomic E-state index is 11.7. The van der Waals surface area contributed by atoms with Crippen molar-refractivity contribution in [3.05, 3.63) is 29.3 Å². The molecule has 0 unspecified atom stereocenters. The summed E-state index contributed by atoms with van der Waals surface area (Å²) in [6.45, 7) is 5.04. The van der Waals surface area contributed by atoms with Crippen molar-refractivity contribution < 1.29 is 4.79 Å². The lowest BCUT2D eigenvalue weighted by molar-refractivity contribution is -0.122. The van der Waals surface area contributed by atoms with Crippen molar-refractivity contribution in [2.45, 2.75) is 32.9 Å². The molecule has 98 valence electrons. The second-order valence-electron chi connectivity index (χ2n) is 4.88. The van der Waals surface area contributed by atoms with Crippen LogP contribution in [0.25, 0.3) is 0 Å². The fourth-order valence-electron chi connectivity index (χ4n) is 2.26. The van der Waals surface area contributed by atoms with Crippen molar-refractivity contribution >= 4 is 11.6 Å². The fraction of sp³-hybridized carbons (Fsp3) is 0.500. The molecule has 4 nitrogen and oxygen atoms in total. The second kappa shape index (κ2) is 5.87. The maximum absolute atomic E-state index is 11.7. The number of hydrogen-bond donors (Lipinski definition) is 2. The van der Waals surface area contributed by atoms with E-state index in [9.17, 15) is 4.79 Å². The predicted octanol–water partition coefficient (Wildman–Crippen LogP) is 1.50. The van der Waals surface area contributed by atoms with E-state index in [0.717, 1.165) is 38.2 Å². The molecule has 1 aromatic carbocycles. The number of nitrogen functional groups attached to an aromatic ring is 1. The van der Waals surface area contributed by atoms with Crippen LogP contribution in [0.5, 0.6) is 0 Å². The number of carbonyl (C=O) groups excluding carboxylic acids is 1. The molecule has 2 rings (SSSR count). The van der Waals surface area contributed by atoms with Crippen LogP contribution < -0.4 is 11.1 Å². The summed E-state index contributed by atoms with van der Waals surface area (Å²) in [4.78, 5) is 13.9. The van der Waals surface area contributed by atoms with E-state index in [0.29, 0.717) is 6.54 Å². The summed E-state index contributed by atoms with van der Waals surface area (Å²) in [5, 5.41) is 2.94. The van der Waals surface area contributed by atoms with E-state index >= 15 is 0 Å². The Morgan fingerprint density at radius 3 is 2.94 bits per heavy atom. The van der Waals surface area contributed by atoms with Gasteiger partial charge in [-0.05, 0) is 29.7 Å². The van der Waals surface area contributed by atoms with Gasteiger partial charge in [-0.3, -0.25) is 9.69 Å². The Morgan fingerprint density at radius 2 is 2.17 bits per heavy atom. The molecule has 0 radical (unpaired) electrons. The van der Waals surface area contributed by atoms with E-state index < -0.39 is 0 Å². The zero-order valence-corrected chi connectivity index (χ0v) is 10.9. The highest BCUT2D eigenvalue weighted by Crippen LogP contribution is 2.24. The van der Waals surface area contributed by atoms with Crippen molar-refractivity contribution in [1.29, 1.82) is 0 Å². The van der Waals surface area contributed by atoms with Crippen LogP contribution >= 0.6 is 0 Å². The van der Waals surface area contributed by atoms with Crippen LogP contribution in [0.4, 0.5) is 5.69 Å². The number of unbranched alkanes of at least 4 members (excludes halogenated alkanes) is 1. The van der Waals surface area contributed by atoms with Gasteiger partial charge in [0.1, 0.15) is 0 Å². The van der Waals surface area contributed by atoms with E-state index in [1.807, 2.05) is 12.1 Å². The molecular formula is C14H21N3O. The highest BCUT2D eigenvalue weighted by Gasteiger charge is 2.20. The number of nitrogens with two attached hydrogens (primary N) is 1. The highest BCUT2D eigenvalue weighted by atomic mass is 16.2. The van der Waals surface area contributed by atoms with E-state index in [1.54, 1.807) is 0 Å². The molecule has 3 N–H and O–H groups in total. The van der Waals surface area contributed by atoms with Crippen molar-refractivity contribution in [3.8, 4) is 0 Å². The summed E-state index contributed by atoms with van der Waals surface area (Å²) in [7, 11) is 0. The predicted molar refractivity (Wildman–Crippen MR) is 72.9 cm³/mol. The number of nitrogens with zero attached hydrogens (tertiary/aromatic N) is 1. The fourth-order valence-corrected chi connectivity index (χ4v) is 2.26. The van der Waals surface area contributed by atoms with Crippen LogP contribution in [0.3, 0.4) is 0 Å². The van der Waals surface area contributed by atoms with Crippen molar-refractivity contribution in [1.82, 2.24) is 10.2 Å². The molecule has 18 heavy (non-hydrogen) atoms. The minimum atomic E-state index is 0.115. The maximum Gasteiger partial charge on any atom is 0.234 e. The van der Waals surface area contributed by atoms with Crippen LogP contribution in [0, 0.1) is 0 Å². The largest absolute Gasteiger partial charge is 0.399 e. The summed E-state index contributed by atoms with van der Waals surface area (Å²) in [5.41, 5.74) is 9.08.